The summed E-state index contributed by atoms with van der Waals surface area (Å²) in [6.07, 6.45) is 3.69. The maximum absolute atomic E-state index is 12.5. The van der Waals surface area contributed by atoms with Gasteiger partial charge in [0.15, 0.2) is 0 Å². The molecule has 0 saturated carbocycles. The normalized spacial score (nSPS) is 11.5. The van der Waals surface area contributed by atoms with Crippen molar-refractivity contribution < 1.29 is 18.3 Å². The molecule has 0 fully saturated rings. The van der Waals surface area contributed by atoms with E-state index in [0.29, 0.717) is 18.5 Å². The number of hydrogen-bond donors (Lipinski definition) is 2. The first-order chi connectivity index (χ1) is 14.4. The van der Waals surface area contributed by atoms with E-state index in [9.17, 15) is 13.2 Å². The molecule has 0 aromatic heterocycles. The molecular weight excluding hydrogens is 398 g/mol. The van der Waals surface area contributed by atoms with Gasteiger partial charge in [-0.3, -0.25) is 4.72 Å². The number of benzene rings is 3. The second kappa shape index (κ2) is 9.89. The molecule has 3 aromatic rings. The standard InChI is InChI=1S/C24H23NO4S/c26-24(27)22-14-7-11-20(18-22)10-6-13-21-12-4-5-15-23(21)25-30(28,29)17-16-19-8-2-1-3-9-19/h1-5,7-9,11-12,14-18,25H,6,10,13H2,(H,26,27). The largest absolute Gasteiger partial charge is 0.478 e. The first-order valence-electron chi connectivity index (χ1n) is 9.59. The predicted molar refractivity (Wildman–Crippen MR) is 120 cm³/mol. The summed E-state index contributed by atoms with van der Waals surface area (Å²) in [6.45, 7) is 0. The fourth-order valence-electron chi connectivity index (χ4n) is 3.10. The van der Waals surface area contributed by atoms with Crippen molar-refractivity contribution in [1.29, 1.82) is 0 Å². The van der Waals surface area contributed by atoms with E-state index in [0.717, 1.165) is 28.5 Å². The molecule has 5 nitrogen and oxygen atoms in total. The number of carboxylic acid groups (broad SMARTS) is 1. The molecule has 0 atom stereocenters. The molecule has 2 N–H and O–H groups in total. The molecule has 0 aliphatic rings. The van der Waals surface area contributed by atoms with Crippen molar-refractivity contribution in [3.05, 3.63) is 107 Å². The van der Waals surface area contributed by atoms with Crippen LogP contribution in [0.15, 0.2) is 84.3 Å². The van der Waals surface area contributed by atoms with Gasteiger partial charge in [-0.2, -0.15) is 0 Å². The Morgan fingerprint density at radius 3 is 2.40 bits per heavy atom. The number of hydrogen-bond acceptors (Lipinski definition) is 3. The summed E-state index contributed by atoms with van der Waals surface area (Å²) in [6, 6.07) is 23.4. The molecule has 0 heterocycles. The van der Waals surface area contributed by atoms with Gasteiger partial charge >= 0.3 is 5.97 Å². The fraction of sp³-hybridized carbons (Fsp3) is 0.125. The van der Waals surface area contributed by atoms with Crippen LogP contribution in [0.5, 0.6) is 0 Å². The lowest BCUT2D eigenvalue weighted by atomic mass is 10.0. The van der Waals surface area contributed by atoms with Crippen LogP contribution in [0.25, 0.3) is 6.08 Å². The average Bonchev–Trinajstić information content (AvgIpc) is 2.74. The quantitative estimate of drug-likeness (QED) is 0.511. The minimum Gasteiger partial charge on any atom is -0.478 e. The molecule has 0 unspecified atom stereocenters. The van der Waals surface area contributed by atoms with Crippen molar-refractivity contribution in [3.63, 3.8) is 0 Å². The topological polar surface area (TPSA) is 83.5 Å². The van der Waals surface area contributed by atoms with Gasteiger partial charge < -0.3 is 5.11 Å². The van der Waals surface area contributed by atoms with Crippen LogP contribution in [0, 0.1) is 0 Å². The van der Waals surface area contributed by atoms with E-state index in [1.807, 2.05) is 48.5 Å². The van der Waals surface area contributed by atoms with E-state index in [4.69, 9.17) is 5.11 Å². The Morgan fingerprint density at radius 1 is 0.900 bits per heavy atom. The van der Waals surface area contributed by atoms with Crippen LogP contribution in [0.1, 0.15) is 33.5 Å². The van der Waals surface area contributed by atoms with Gasteiger partial charge in [0.25, 0.3) is 10.0 Å². The molecule has 30 heavy (non-hydrogen) atoms. The Morgan fingerprint density at radius 2 is 1.63 bits per heavy atom. The maximum atomic E-state index is 12.5. The molecule has 0 radical (unpaired) electrons. The zero-order valence-corrected chi connectivity index (χ0v) is 17.2. The summed E-state index contributed by atoms with van der Waals surface area (Å²) in [7, 11) is -3.64. The molecule has 0 bridgehead atoms. The highest BCUT2D eigenvalue weighted by Crippen LogP contribution is 2.20. The molecule has 0 aliphatic heterocycles. The summed E-state index contributed by atoms with van der Waals surface area (Å²) in [5.41, 5.74) is 3.46. The van der Waals surface area contributed by atoms with Crippen molar-refractivity contribution >= 4 is 27.8 Å². The van der Waals surface area contributed by atoms with Gasteiger partial charge in [0, 0.05) is 0 Å². The SMILES string of the molecule is O=C(O)c1cccc(CCCc2ccccc2NS(=O)(=O)C=Cc2ccccc2)c1. The molecule has 3 rings (SSSR count). The van der Waals surface area contributed by atoms with Gasteiger partial charge in [0.1, 0.15) is 0 Å². The first-order valence-corrected chi connectivity index (χ1v) is 11.1. The Hall–Kier alpha value is -3.38. The van der Waals surface area contributed by atoms with E-state index in [2.05, 4.69) is 4.72 Å². The van der Waals surface area contributed by atoms with E-state index in [-0.39, 0.29) is 5.56 Å². The van der Waals surface area contributed by atoms with Crippen molar-refractivity contribution in [1.82, 2.24) is 0 Å². The number of nitrogens with one attached hydrogen (secondary N) is 1. The monoisotopic (exact) mass is 421 g/mol. The smallest absolute Gasteiger partial charge is 0.335 e. The van der Waals surface area contributed by atoms with Gasteiger partial charge in [0.05, 0.1) is 16.7 Å². The van der Waals surface area contributed by atoms with Crippen LogP contribution in [0.3, 0.4) is 0 Å². The molecule has 0 aliphatic carbocycles. The number of para-hydroxylation sites is 1. The summed E-state index contributed by atoms with van der Waals surface area (Å²) < 4.78 is 27.6. The lowest BCUT2D eigenvalue weighted by Gasteiger charge is -2.11. The number of aryl methyl sites for hydroxylation is 2. The Labute approximate surface area is 176 Å². The number of rotatable bonds is 9. The molecule has 6 heteroatoms. The lowest BCUT2D eigenvalue weighted by molar-refractivity contribution is 0.0696. The van der Waals surface area contributed by atoms with Gasteiger partial charge in [-0.1, -0.05) is 60.7 Å². The third-order valence-corrected chi connectivity index (χ3v) is 5.59. The van der Waals surface area contributed by atoms with Crippen LogP contribution in [0.4, 0.5) is 5.69 Å². The summed E-state index contributed by atoms with van der Waals surface area (Å²) >= 11 is 0. The van der Waals surface area contributed by atoms with Crippen LogP contribution in [0.2, 0.25) is 0 Å². The summed E-state index contributed by atoms with van der Waals surface area (Å²) in [5, 5.41) is 10.3. The van der Waals surface area contributed by atoms with Crippen LogP contribution < -0.4 is 4.72 Å². The zero-order valence-electron chi connectivity index (χ0n) is 16.4. The highest BCUT2D eigenvalue weighted by atomic mass is 32.2. The second-order valence-electron chi connectivity index (χ2n) is 6.88. The van der Waals surface area contributed by atoms with Crippen molar-refractivity contribution in [2.45, 2.75) is 19.3 Å². The number of aromatic carboxylic acids is 1. The second-order valence-corrected chi connectivity index (χ2v) is 8.44. The zero-order chi connectivity index (χ0) is 21.4. The molecule has 3 aromatic carbocycles. The number of anilines is 1. The molecule has 0 saturated heterocycles. The number of carbonyl (C=O) groups is 1. The van der Waals surface area contributed by atoms with Gasteiger partial charge in [-0.15, -0.1) is 0 Å². The number of carboxylic acids is 1. The van der Waals surface area contributed by atoms with E-state index in [1.54, 1.807) is 36.4 Å². The van der Waals surface area contributed by atoms with E-state index >= 15 is 0 Å². The molecular formula is C24H23NO4S. The molecule has 154 valence electrons. The van der Waals surface area contributed by atoms with Gasteiger partial charge in [-0.05, 0) is 60.2 Å². The highest BCUT2D eigenvalue weighted by Gasteiger charge is 2.10. The van der Waals surface area contributed by atoms with Crippen molar-refractivity contribution in [2.24, 2.45) is 0 Å². The Kier molecular flexibility index (Phi) is 7.03. The fourth-order valence-corrected chi connectivity index (χ4v) is 4.01. The lowest BCUT2D eigenvalue weighted by Crippen LogP contribution is -2.10. The van der Waals surface area contributed by atoms with Crippen molar-refractivity contribution in [3.8, 4) is 0 Å². The van der Waals surface area contributed by atoms with Crippen LogP contribution in [-0.2, 0) is 22.9 Å². The summed E-state index contributed by atoms with van der Waals surface area (Å²) in [4.78, 5) is 11.1. The predicted octanol–water partition coefficient (Wildman–Crippen LogP) is 4.97. The van der Waals surface area contributed by atoms with Gasteiger partial charge in [0.2, 0.25) is 0 Å². The minimum atomic E-state index is -3.64. The average molecular weight is 422 g/mol. The third-order valence-electron chi connectivity index (χ3n) is 4.59. The Balaban J connectivity index is 1.65. The molecule has 0 spiro atoms. The van der Waals surface area contributed by atoms with Crippen molar-refractivity contribution in [2.75, 3.05) is 4.72 Å². The summed E-state index contributed by atoms with van der Waals surface area (Å²) in [5.74, 6) is -0.944. The third kappa shape index (κ3) is 6.32. The number of sulfonamides is 1. The maximum Gasteiger partial charge on any atom is 0.335 e. The van der Waals surface area contributed by atoms with E-state index in [1.165, 1.54) is 0 Å². The highest BCUT2D eigenvalue weighted by molar-refractivity contribution is 7.95. The van der Waals surface area contributed by atoms with Gasteiger partial charge in [-0.25, -0.2) is 13.2 Å². The minimum absolute atomic E-state index is 0.269. The first kappa shape index (κ1) is 21.3. The van der Waals surface area contributed by atoms with Crippen LogP contribution in [-0.4, -0.2) is 19.5 Å². The van der Waals surface area contributed by atoms with Crippen LogP contribution >= 0.6 is 0 Å². The molecule has 0 amide bonds. The Bertz CT molecular complexity index is 1140. The van der Waals surface area contributed by atoms with E-state index < -0.39 is 16.0 Å².